The Balaban J connectivity index is 1.90. The highest BCUT2D eigenvalue weighted by Gasteiger charge is 2.34. The number of allylic oxidation sites excluding steroid dienone is 2. The topological polar surface area (TPSA) is 34.1 Å². The Bertz CT molecular complexity index is 731. The third-order valence-corrected chi connectivity index (χ3v) is 4.14. The van der Waals surface area contributed by atoms with Crippen LogP contribution in [-0.2, 0) is 12.8 Å². The molecule has 2 nitrogen and oxygen atoms in total. The van der Waals surface area contributed by atoms with E-state index < -0.39 is 0 Å². The number of carbonyl (C=O) groups is 2. The van der Waals surface area contributed by atoms with E-state index in [1.807, 2.05) is 48.5 Å². The van der Waals surface area contributed by atoms with E-state index in [0.717, 1.165) is 16.7 Å². The van der Waals surface area contributed by atoms with Crippen LogP contribution in [0.15, 0.2) is 59.7 Å². The first-order valence-corrected chi connectivity index (χ1v) is 6.73. The minimum absolute atomic E-state index is 0.110. The molecule has 0 unspecified atom stereocenters. The number of Topliss-reactive ketones (excluding diaryl/α,β-unsaturated/α-hetero) is 2. The van der Waals surface area contributed by atoms with E-state index in [0.29, 0.717) is 29.5 Å². The molecular formula is C18H12O2. The van der Waals surface area contributed by atoms with Crippen LogP contribution in [0.2, 0.25) is 0 Å². The second-order valence-electron chi connectivity index (χ2n) is 5.30. The molecular weight excluding hydrogens is 248 g/mol. The average Bonchev–Trinajstić information content (AvgIpc) is 2.47. The summed E-state index contributed by atoms with van der Waals surface area (Å²) in [5.41, 5.74) is 4.80. The molecule has 0 aliphatic heterocycles. The van der Waals surface area contributed by atoms with Gasteiger partial charge in [-0.15, -0.1) is 0 Å². The van der Waals surface area contributed by atoms with Gasteiger partial charge in [0.1, 0.15) is 0 Å². The SMILES string of the molecule is O=C1C2=C(Cc3ccccc31)Cc1ccccc1C2=O. The fourth-order valence-corrected chi connectivity index (χ4v) is 3.18. The van der Waals surface area contributed by atoms with Crippen molar-refractivity contribution >= 4 is 11.6 Å². The molecule has 96 valence electrons. The summed E-state index contributed by atoms with van der Waals surface area (Å²) >= 11 is 0. The zero-order valence-corrected chi connectivity index (χ0v) is 10.8. The van der Waals surface area contributed by atoms with Crippen LogP contribution in [0.1, 0.15) is 31.8 Å². The van der Waals surface area contributed by atoms with Gasteiger partial charge in [0.15, 0.2) is 11.6 Å². The van der Waals surface area contributed by atoms with Crippen LogP contribution in [-0.4, -0.2) is 11.6 Å². The van der Waals surface area contributed by atoms with Crippen molar-refractivity contribution in [2.45, 2.75) is 12.8 Å². The largest absolute Gasteiger partial charge is 0.288 e. The summed E-state index contributed by atoms with van der Waals surface area (Å²) in [6.45, 7) is 0. The quantitative estimate of drug-likeness (QED) is 0.682. The molecule has 2 heteroatoms. The van der Waals surface area contributed by atoms with Crippen molar-refractivity contribution in [3.8, 4) is 0 Å². The molecule has 0 fully saturated rings. The van der Waals surface area contributed by atoms with Crippen molar-refractivity contribution in [3.05, 3.63) is 81.9 Å². The fraction of sp³-hybridized carbons (Fsp3) is 0.111. The molecule has 0 amide bonds. The van der Waals surface area contributed by atoms with E-state index in [-0.39, 0.29) is 11.6 Å². The van der Waals surface area contributed by atoms with Crippen molar-refractivity contribution in [3.63, 3.8) is 0 Å². The van der Waals surface area contributed by atoms with Crippen LogP contribution in [0.5, 0.6) is 0 Å². The van der Waals surface area contributed by atoms with Gasteiger partial charge in [0.2, 0.25) is 0 Å². The van der Waals surface area contributed by atoms with Gasteiger partial charge in [0.05, 0.1) is 5.57 Å². The van der Waals surface area contributed by atoms with Crippen LogP contribution in [0.4, 0.5) is 0 Å². The summed E-state index contributed by atoms with van der Waals surface area (Å²) in [4.78, 5) is 25.2. The molecule has 0 radical (unpaired) electrons. The van der Waals surface area contributed by atoms with Gasteiger partial charge >= 0.3 is 0 Å². The lowest BCUT2D eigenvalue weighted by Crippen LogP contribution is -2.27. The van der Waals surface area contributed by atoms with E-state index in [4.69, 9.17) is 0 Å². The van der Waals surface area contributed by atoms with Crippen molar-refractivity contribution in [2.24, 2.45) is 0 Å². The highest BCUT2D eigenvalue weighted by Crippen LogP contribution is 2.34. The van der Waals surface area contributed by atoms with Crippen LogP contribution < -0.4 is 0 Å². The highest BCUT2D eigenvalue weighted by atomic mass is 16.1. The van der Waals surface area contributed by atoms with Gasteiger partial charge < -0.3 is 0 Å². The van der Waals surface area contributed by atoms with E-state index in [9.17, 15) is 9.59 Å². The van der Waals surface area contributed by atoms with Gasteiger partial charge in [-0.25, -0.2) is 0 Å². The van der Waals surface area contributed by atoms with Gasteiger partial charge in [-0.3, -0.25) is 9.59 Å². The minimum Gasteiger partial charge on any atom is -0.288 e. The summed E-state index contributed by atoms with van der Waals surface area (Å²) in [5, 5.41) is 0. The third kappa shape index (κ3) is 1.45. The summed E-state index contributed by atoms with van der Waals surface area (Å²) < 4.78 is 0. The predicted octanol–water partition coefficient (Wildman–Crippen LogP) is 3.16. The summed E-state index contributed by atoms with van der Waals surface area (Å²) in [7, 11) is 0. The average molecular weight is 260 g/mol. The first kappa shape index (κ1) is 11.4. The molecule has 0 saturated heterocycles. The van der Waals surface area contributed by atoms with E-state index in [1.54, 1.807) is 0 Å². The summed E-state index contributed by atoms with van der Waals surface area (Å²) in [6.07, 6.45) is 1.41. The van der Waals surface area contributed by atoms with Crippen LogP contribution in [0, 0.1) is 0 Å². The Kier molecular flexibility index (Phi) is 2.27. The molecule has 0 spiro atoms. The third-order valence-electron chi connectivity index (χ3n) is 4.14. The number of benzene rings is 2. The van der Waals surface area contributed by atoms with Gasteiger partial charge in [-0.05, 0) is 29.5 Å². The van der Waals surface area contributed by atoms with E-state index in [1.165, 1.54) is 0 Å². The maximum absolute atomic E-state index is 12.6. The number of hydrogen-bond acceptors (Lipinski definition) is 2. The molecule has 20 heavy (non-hydrogen) atoms. The Morgan fingerprint density at radius 3 is 1.60 bits per heavy atom. The highest BCUT2D eigenvalue weighted by molar-refractivity contribution is 6.33. The van der Waals surface area contributed by atoms with Crippen LogP contribution in [0.3, 0.4) is 0 Å². The number of rotatable bonds is 0. The lowest BCUT2D eigenvalue weighted by Gasteiger charge is -2.26. The van der Waals surface area contributed by atoms with Crippen molar-refractivity contribution in [2.75, 3.05) is 0 Å². The minimum atomic E-state index is -0.110. The molecule has 0 N–H and O–H groups in total. The molecule has 0 aromatic heterocycles. The molecule has 2 aromatic carbocycles. The summed E-state index contributed by atoms with van der Waals surface area (Å²) in [6, 6.07) is 15.2. The smallest absolute Gasteiger partial charge is 0.197 e. The van der Waals surface area contributed by atoms with Gasteiger partial charge in [0.25, 0.3) is 0 Å². The lowest BCUT2D eigenvalue weighted by molar-refractivity contribution is 0.0954. The van der Waals surface area contributed by atoms with E-state index >= 15 is 0 Å². The lowest BCUT2D eigenvalue weighted by atomic mass is 9.75. The maximum Gasteiger partial charge on any atom is 0.197 e. The number of carbonyl (C=O) groups excluding carboxylic acids is 2. The second kappa shape index (κ2) is 4.01. The van der Waals surface area contributed by atoms with Gasteiger partial charge in [-0.1, -0.05) is 48.5 Å². The Morgan fingerprint density at radius 1 is 0.650 bits per heavy atom. The Hall–Kier alpha value is -2.48. The van der Waals surface area contributed by atoms with E-state index in [2.05, 4.69) is 0 Å². The summed E-state index contributed by atoms with van der Waals surface area (Å²) in [5.74, 6) is -0.220. The number of ketones is 2. The molecule has 2 aliphatic carbocycles. The maximum atomic E-state index is 12.6. The van der Waals surface area contributed by atoms with Crippen molar-refractivity contribution in [1.82, 2.24) is 0 Å². The molecule has 0 bridgehead atoms. The monoisotopic (exact) mass is 260 g/mol. The molecule has 4 rings (SSSR count). The molecule has 0 saturated carbocycles. The predicted molar refractivity (Wildman–Crippen MR) is 76.0 cm³/mol. The zero-order valence-electron chi connectivity index (χ0n) is 10.8. The van der Waals surface area contributed by atoms with Crippen molar-refractivity contribution < 1.29 is 9.59 Å². The van der Waals surface area contributed by atoms with Crippen LogP contribution in [0.25, 0.3) is 0 Å². The molecule has 0 heterocycles. The Labute approximate surface area is 116 Å². The molecule has 2 aromatic rings. The first-order chi connectivity index (χ1) is 9.75. The first-order valence-electron chi connectivity index (χ1n) is 6.73. The van der Waals surface area contributed by atoms with Gasteiger partial charge in [0, 0.05) is 11.1 Å². The zero-order chi connectivity index (χ0) is 13.7. The fourth-order valence-electron chi connectivity index (χ4n) is 3.18. The molecule has 0 atom stereocenters. The number of fused-ring (bicyclic) bond motifs is 2. The normalized spacial score (nSPS) is 16.6. The van der Waals surface area contributed by atoms with Crippen LogP contribution >= 0.6 is 0 Å². The number of hydrogen-bond donors (Lipinski definition) is 0. The second-order valence-corrected chi connectivity index (χ2v) is 5.30. The van der Waals surface area contributed by atoms with Gasteiger partial charge in [-0.2, -0.15) is 0 Å². The van der Waals surface area contributed by atoms with Crippen molar-refractivity contribution in [1.29, 1.82) is 0 Å². The standard InChI is InChI=1S/C18H12O2/c19-17-14-7-3-1-5-11(14)9-13-10-12-6-2-4-8-15(12)18(20)16(13)17/h1-8H,9-10H2. The Morgan fingerprint density at radius 2 is 1.10 bits per heavy atom. The molecule has 2 aliphatic rings.